The Bertz CT molecular complexity index is 1130. The van der Waals surface area contributed by atoms with E-state index in [9.17, 15) is 4.79 Å². The van der Waals surface area contributed by atoms with Crippen LogP contribution in [0.15, 0.2) is 76.5 Å². The second-order valence-electron chi connectivity index (χ2n) is 8.41. The Balaban J connectivity index is 1.38. The van der Waals surface area contributed by atoms with Crippen molar-refractivity contribution in [2.24, 2.45) is 10.9 Å². The molecule has 2 aromatic carbocycles. The van der Waals surface area contributed by atoms with Crippen LogP contribution < -0.4 is 10.9 Å². The van der Waals surface area contributed by atoms with Gasteiger partial charge in [0.15, 0.2) is 6.17 Å². The van der Waals surface area contributed by atoms with E-state index in [1.54, 1.807) is 10.6 Å². The number of fused-ring (bicyclic) bond motifs is 1. The van der Waals surface area contributed by atoms with Crippen LogP contribution in [0.2, 0.25) is 0 Å². The van der Waals surface area contributed by atoms with Crippen LogP contribution in [-0.2, 0) is 6.42 Å². The molecule has 1 atom stereocenters. The molecule has 5 rings (SSSR count). The third-order valence-electron chi connectivity index (χ3n) is 6.17. The number of anilines is 1. The molecule has 0 unspecified atom stereocenters. The van der Waals surface area contributed by atoms with Crippen molar-refractivity contribution in [2.75, 3.05) is 18.4 Å². The summed E-state index contributed by atoms with van der Waals surface area (Å²) < 4.78 is 1.65. The molecule has 1 N–H and O–H groups in total. The first-order chi connectivity index (χ1) is 15.2. The molecule has 1 aromatic heterocycles. The molecule has 0 radical (unpaired) electrons. The lowest BCUT2D eigenvalue weighted by atomic mass is 9.90. The summed E-state index contributed by atoms with van der Waals surface area (Å²) in [5.41, 5.74) is 3.01. The van der Waals surface area contributed by atoms with Gasteiger partial charge in [-0.1, -0.05) is 60.7 Å². The normalized spacial score (nSPS) is 18.8. The number of guanidine groups is 1. The number of aryl methyl sites for hydroxylation is 1. The number of hydrogen-bond donors (Lipinski definition) is 1. The van der Waals surface area contributed by atoms with Crippen LogP contribution in [0.5, 0.6) is 0 Å². The van der Waals surface area contributed by atoms with Gasteiger partial charge in [-0.05, 0) is 43.2 Å². The minimum atomic E-state index is -0.407. The molecule has 0 amide bonds. The molecule has 6 heteroatoms. The summed E-state index contributed by atoms with van der Waals surface area (Å²) in [5.74, 6) is 2.06. The van der Waals surface area contributed by atoms with Crippen molar-refractivity contribution in [1.82, 2.24) is 14.5 Å². The van der Waals surface area contributed by atoms with E-state index in [2.05, 4.69) is 45.5 Å². The highest BCUT2D eigenvalue weighted by molar-refractivity contribution is 5.93. The highest BCUT2D eigenvalue weighted by atomic mass is 16.1. The molecule has 0 aliphatic carbocycles. The predicted octanol–water partition coefficient (Wildman–Crippen LogP) is 3.83. The Kier molecular flexibility index (Phi) is 5.28. The lowest BCUT2D eigenvalue weighted by Crippen LogP contribution is -2.46. The Morgan fingerprint density at radius 3 is 2.39 bits per heavy atom. The Labute approximate surface area is 182 Å². The Morgan fingerprint density at radius 1 is 1.00 bits per heavy atom. The monoisotopic (exact) mass is 413 g/mol. The van der Waals surface area contributed by atoms with Crippen LogP contribution >= 0.6 is 0 Å². The molecule has 158 valence electrons. The van der Waals surface area contributed by atoms with Crippen LogP contribution in [0.3, 0.4) is 0 Å². The highest BCUT2D eigenvalue weighted by Crippen LogP contribution is 2.28. The molecule has 0 spiro atoms. The fourth-order valence-electron chi connectivity index (χ4n) is 4.54. The van der Waals surface area contributed by atoms with E-state index in [0.29, 0.717) is 17.6 Å². The molecule has 6 nitrogen and oxygen atoms in total. The molecule has 1 fully saturated rings. The van der Waals surface area contributed by atoms with Crippen LogP contribution in [0, 0.1) is 12.8 Å². The summed E-state index contributed by atoms with van der Waals surface area (Å²) in [6.07, 6.45) is 2.97. The second kappa shape index (κ2) is 8.38. The van der Waals surface area contributed by atoms with Crippen molar-refractivity contribution in [3.63, 3.8) is 0 Å². The average Bonchev–Trinajstić information content (AvgIpc) is 2.80. The number of piperidine rings is 1. The Morgan fingerprint density at radius 2 is 1.68 bits per heavy atom. The first-order valence-electron chi connectivity index (χ1n) is 11.0. The zero-order valence-electron chi connectivity index (χ0n) is 17.7. The third kappa shape index (κ3) is 4.10. The molecule has 3 heterocycles. The summed E-state index contributed by atoms with van der Waals surface area (Å²) in [6, 6.07) is 22.3. The van der Waals surface area contributed by atoms with Crippen molar-refractivity contribution < 1.29 is 0 Å². The largest absolute Gasteiger partial charge is 0.343 e. The number of nitrogens with one attached hydrogen (secondary N) is 1. The zero-order valence-corrected chi connectivity index (χ0v) is 17.7. The zero-order chi connectivity index (χ0) is 21.2. The molecule has 2 aliphatic rings. The van der Waals surface area contributed by atoms with Gasteiger partial charge in [-0.15, -0.1) is 0 Å². The number of benzene rings is 2. The fourth-order valence-corrected chi connectivity index (χ4v) is 4.54. The van der Waals surface area contributed by atoms with E-state index < -0.39 is 6.17 Å². The van der Waals surface area contributed by atoms with Gasteiger partial charge in [0, 0.05) is 24.8 Å². The van der Waals surface area contributed by atoms with Gasteiger partial charge in [0.1, 0.15) is 0 Å². The molecule has 3 aromatic rings. The van der Waals surface area contributed by atoms with E-state index in [0.717, 1.165) is 43.9 Å². The standard InChI is InChI=1S/C25H27N5O/c1-18-16-22(31)30-23(21-10-6-3-7-11-21)27-24(28-25(30)26-18)29-14-12-20(13-15-29)17-19-8-4-2-5-9-19/h2-11,16,20,23H,12-15,17H2,1H3,(H,26,27,28)/t23-/m1/s1. The maximum Gasteiger partial charge on any atom is 0.257 e. The summed E-state index contributed by atoms with van der Waals surface area (Å²) >= 11 is 0. The lowest BCUT2D eigenvalue weighted by molar-refractivity contribution is 0.262. The highest BCUT2D eigenvalue weighted by Gasteiger charge is 2.29. The summed E-state index contributed by atoms with van der Waals surface area (Å²) in [4.78, 5) is 24.7. The molecular formula is C25H27N5O. The van der Waals surface area contributed by atoms with Gasteiger partial charge in [0.2, 0.25) is 11.9 Å². The van der Waals surface area contributed by atoms with Crippen LogP contribution in [0.4, 0.5) is 5.95 Å². The first kappa shape index (κ1) is 19.5. The van der Waals surface area contributed by atoms with E-state index in [-0.39, 0.29) is 5.56 Å². The molecule has 31 heavy (non-hydrogen) atoms. The smallest absolute Gasteiger partial charge is 0.257 e. The van der Waals surface area contributed by atoms with Gasteiger partial charge in [-0.3, -0.25) is 14.7 Å². The maximum atomic E-state index is 12.8. The van der Waals surface area contributed by atoms with Crippen molar-refractivity contribution in [3.05, 3.63) is 93.9 Å². The predicted molar refractivity (Wildman–Crippen MR) is 123 cm³/mol. The lowest BCUT2D eigenvalue weighted by Gasteiger charge is -2.37. The van der Waals surface area contributed by atoms with Gasteiger partial charge in [-0.2, -0.15) is 0 Å². The van der Waals surface area contributed by atoms with Gasteiger partial charge in [0.05, 0.1) is 0 Å². The first-order valence-corrected chi connectivity index (χ1v) is 11.0. The Hall–Kier alpha value is -3.41. The number of rotatable bonds is 3. The van der Waals surface area contributed by atoms with Gasteiger partial charge in [0.25, 0.3) is 5.56 Å². The van der Waals surface area contributed by atoms with Crippen molar-refractivity contribution >= 4 is 11.9 Å². The van der Waals surface area contributed by atoms with Gasteiger partial charge >= 0.3 is 0 Å². The fraction of sp³-hybridized carbons (Fsp3) is 0.320. The molecule has 2 aliphatic heterocycles. The van der Waals surface area contributed by atoms with Gasteiger partial charge < -0.3 is 4.90 Å². The topological polar surface area (TPSA) is 62.5 Å². The van der Waals surface area contributed by atoms with Gasteiger partial charge in [-0.25, -0.2) is 9.98 Å². The molecule has 0 saturated carbocycles. The van der Waals surface area contributed by atoms with Crippen molar-refractivity contribution in [2.45, 2.75) is 32.4 Å². The SMILES string of the molecule is Cc1cc(=O)n2c(n1)NC(N1CCC(Cc3ccccc3)CC1)=N[C@H]2c1ccccc1. The molecular weight excluding hydrogens is 386 g/mol. The van der Waals surface area contributed by atoms with E-state index in [1.807, 2.05) is 37.3 Å². The van der Waals surface area contributed by atoms with Crippen LogP contribution in [0.25, 0.3) is 0 Å². The minimum Gasteiger partial charge on any atom is -0.343 e. The van der Waals surface area contributed by atoms with E-state index in [1.165, 1.54) is 5.56 Å². The second-order valence-corrected chi connectivity index (χ2v) is 8.41. The quantitative estimate of drug-likeness (QED) is 0.709. The molecule has 1 saturated heterocycles. The number of aromatic nitrogens is 2. The van der Waals surface area contributed by atoms with Crippen LogP contribution in [0.1, 0.15) is 35.8 Å². The minimum absolute atomic E-state index is 0.0896. The average molecular weight is 414 g/mol. The number of aliphatic imine (C=N–C) groups is 1. The van der Waals surface area contributed by atoms with Crippen molar-refractivity contribution in [1.29, 1.82) is 0 Å². The van der Waals surface area contributed by atoms with Crippen LogP contribution in [-0.4, -0.2) is 33.5 Å². The summed E-state index contributed by atoms with van der Waals surface area (Å²) in [5, 5.41) is 3.34. The third-order valence-corrected chi connectivity index (χ3v) is 6.17. The van der Waals surface area contributed by atoms with Crippen molar-refractivity contribution in [3.8, 4) is 0 Å². The number of likely N-dealkylation sites (tertiary alicyclic amines) is 1. The summed E-state index contributed by atoms with van der Waals surface area (Å²) in [6.45, 7) is 3.74. The summed E-state index contributed by atoms with van der Waals surface area (Å²) in [7, 11) is 0. The maximum absolute atomic E-state index is 12.8. The van der Waals surface area contributed by atoms with E-state index in [4.69, 9.17) is 4.99 Å². The number of hydrogen-bond acceptors (Lipinski definition) is 5. The number of nitrogens with zero attached hydrogens (tertiary/aromatic N) is 4. The molecule has 0 bridgehead atoms. The van der Waals surface area contributed by atoms with E-state index >= 15 is 0 Å².